The van der Waals surface area contributed by atoms with Gasteiger partial charge in [-0.2, -0.15) is 12.7 Å². The van der Waals surface area contributed by atoms with Crippen LogP contribution in [0.15, 0.2) is 48.5 Å². The van der Waals surface area contributed by atoms with E-state index in [0.717, 1.165) is 25.7 Å². The van der Waals surface area contributed by atoms with Crippen LogP contribution in [-0.4, -0.2) is 52.1 Å². The highest BCUT2D eigenvalue weighted by atomic mass is 32.2. The van der Waals surface area contributed by atoms with Crippen LogP contribution in [0.5, 0.6) is 11.5 Å². The van der Waals surface area contributed by atoms with Crippen molar-refractivity contribution in [3.05, 3.63) is 54.1 Å². The van der Waals surface area contributed by atoms with Gasteiger partial charge in [-0.1, -0.05) is 30.3 Å². The summed E-state index contributed by atoms with van der Waals surface area (Å²) in [5, 5.41) is 0. The van der Waals surface area contributed by atoms with E-state index in [2.05, 4.69) is 16.9 Å². The molecule has 1 aliphatic heterocycles. The summed E-state index contributed by atoms with van der Waals surface area (Å²) in [5.74, 6) is 0.414. The summed E-state index contributed by atoms with van der Waals surface area (Å²) >= 11 is 0. The number of piperidine rings is 1. The van der Waals surface area contributed by atoms with E-state index in [9.17, 15) is 13.2 Å². The molecule has 180 valence electrons. The lowest BCUT2D eigenvalue weighted by Crippen LogP contribution is -2.50. The monoisotopic (exact) mass is 476 g/mol. The molecule has 0 unspecified atom stereocenters. The van der Waals surface area contributed by atoms with Gasteiger partial charge in [-0.3, -0.25) is 9.52 Å². The normalized spacial score (nSPS) is 16.7. The molecule has 0 radical (unpaired) electrons. The van der Waals surface area contributed by atoms with Crippen LogP contribution in [0.3, 0.4) is 0 Å². The molecule has 1 fully saturated rings. The molecule has 0 saturated carbocycles. The quantitative estimate of drug-likeness (QED) is 0.392. The Morgan fingerprint density at radius 1 is 1.03 bits per heavy atom. The molecular formula is C24H32N2O6S. The number of methoxy groups -OCH3 is 2. The standard InChI is InChI=1S/C24H32N2O6S/c1-30-21-16-20(17-22(18-21)31-2)25-33(28,29)26-14-8-6-13-23(26)24(27)32-15-9-7-12-19-10-4-3-5-11-19/h3-5,10-11,16-18,23,25H,6-9,12-15H2,1-2H3/t23-/m0/s1. The van der Waals surface area contributed by atoms with E-state index in [0.29, 0.717) is 30.0 Å². The fourth-order valence-corrected chi connectivity index (χ4v) is 5.28. The van der Waals surface area contributed by atoms with E-state index < -0.39 is 22.2 Å². The van der Waals surface area contributed by atoms with E-state index in [1.807, 2.05) is 18.2 Å². The van der Waals surface area contributed by atoms with Gasteiger partial charge in [-0.25, -0.2) is 0 Å². The number of aryl methyl sites for hydroxylation is 1. The fourth-order valence-electron chi connectivity index (χ4n) is 3.85. The van der Waals surface area contributed by atoms with Crippen molar-refractivity contribution in [1.82, 2.24) is 4.31 Å². The zero-order valence-electron chi connectivity index (χ0n) is 19.2. The molecule has 1 atom stereocenters. The molecule has 33 heavy (non-hydrogen) atoms. The smallest absolute Gasteiger partial charge is 0.324 e. The van der Waals surface area contributed by atoms with Gasteiger partial charge in [0, 0.05) is 24.7 Å². The summed E-state index contributed by atoms with van der Waals surface area (Å²) < 4.78 is 45.9. The number of esters is 1. The van der Waals surface area contributed by atoms with Gasteiger partial charge in [0.15, 0.2) is 0 Å². The molecule has 0 aliphatic carbocycles. The molecule has 3 rings (SSSR count). The van der Waals surface area contributed by atoms with Crippen LogP contribution in [0, 0.1) is 0 Å². The number of unbranched alkanes of at least 4 members (excludes halogenated alkanes) is 1. The van der Waals surface area contributed by atoms with E-state index >= 15 is 0 Å². The van der Waals surface area contributed by atoms with Crippen LogP contribution in [-0.2, 0) is 26.2 Å². The van der Waals surface area contributed by atoms with Gasteiger partial charge >= 0.3 is 16.2 Å². The number of carbonyl (C=O) groups excluding carboxylic acids is 1. The molecule has 0 amide bonds. The zero-order chi connectivity index (χ0) is 23.7. The number of benzene rings is 2. The van der Waals surface area contributed by atoms with Crippen LogP contribution < -0.4 is 14.2 Å². The van der Waals surface area contributed by atoms with Crippen LogP contribution in [0.4, 0.5) is 5.69 Å². The van der Waals surface area contributed by atoms with Gasteiger partial charge in [-0.05, 0) is 44.1 Å². The Hall–Kier alpha value is -2.78. The first-order chi connectivity index (χ1) is 15.9. The summed E-state index contributed by atoms with van der Waals surface area (Å²) in [6, 6.07) is 14.1. The Balaban J connectivity index is 1.58. The third-order valence-corrected chi connectivity index (χ3v) is 7.13. The highest BCUT2D eigenvalue weighted by Gasteiger charge is 2.38. The lowest BCUT2D eigenvalue weighted by molar-refractivity contribution is -0.149. The second-order valence-corrected chi connectivity index (χ2v) is 9.56. The largest absolute Gasteiger partial charge is 0.497 e. The van der Waals surface area contributed by atoms with E-state index in [1.54, 1.807) is 18.2 Å². The van der Waals surface area contributed by atoms with Gasteiger partial charge in [0.25, 0.3) is 0 Å². The number of nitrogens with zero attached hydrogens (tertiary/aromatic N) is 1. The van der Waals surface area contributed by atoms with Crippen molar-refractivity contribution in [1.29, 1.82) is 0 Å². The third-order valence-electron chi connectivity index (χ3n) is 5.58. The molecule has 9 heteroatoms. The average molecular weight is 477 g/mol. The van der Waals surface area contributed by atoms with E-state index in [1.165, 1.54) is 24.1 Å². The molecule has 1 N–H and O–H groups in total. The van der Waals surface area contributed by atoms with Crippen LogP contribution in [0.25, 0.3) is 0 Å². The Labute approximate surface area is 196 Å². The topological polar surface area (TPSA) is 94.2 Å². The number of anilines is 1. The maximum atomic E-state index is 13.1. The first-order valence-corrected chi connectivity index (χ1v) is 12.6. The Kier molecular flexibility index (Phi) is 8.96. The van der Waals surface area contributed by atoms with Crippen LogP contribution >= 0.6 is 0 Å². The first-order valence-electron chi connectivity index (χ1n) is 11.2. The van der Waals surface area contributed by atoms with Crippen molar-refractivity contribution in [2.75, 3.05) is 32.1 Å². The summed E-state index contributed by atoms with van der Waals surface area (Å²) in [5.41, 5.74) is 1.54. The number of rotatable bonds is 11. The molecule has 1 saturated heterocycles. The fraction of sp³-hybridized carbons (Fsp3) is 0.458. The van der Waals surface area contributed by atoms with Crippen molar-refractivity contribution < 1.29 is 27.4 Å². The minimum atomic E-state index is -3.98. The van der Waals surface area contributed by atoms with Gasteiger partial charge in [-0.15, -0.1) is 0 Å². The highest BCUT2D eigenvalue weighted by Crippen LogP contribution is 2.28. The van der Waals surface area contributed by atoms with E-state index in [4.69, 9.17) is 14.2 Å². The zero-order valence-corrected chi connectivity index (χ0v) is 20.0. The van der Waals surface area contributed by atoms with Crippen LogP contribution in [0.1, 0.15) is 37.7 Å². The SMILES string of the molecule is COc1cc(NS(=O)(=O)N2CCCC[C@H]2C(=O)OCCCCc2ccccc2)cc(OC)c1. The third kappa shape index (κ3) is 7.10. The average Bonchev–Trinajstić information content (AvgIpc) is 2.83. The number of nitrogens with one attached hydrogen (secondary N) is 1. The minimum absolute atomic E-state index is 0.254. The lowest BCUT2D eigenvalue weighted by atomic mass is 10.1. The van der Waals surface area contributed by atoms with Crippen molar-refractivity contribution in [2.45, 2.75) is 44.6 Å². The first kappa shape index (κ1) is 24.9. The molecule has 0 spiro atoms. The number of carbonyl (C=O) groups is 1. The van der Waals surface area contributed by atoms with Crippen molar-refractivity contribution in [3.63, 3.8) is 0 Å². The van der Waals surface area contributed by atoms with Crippen molar-refractivity contribution in [3.8, 4) is 11.5 Å². The van der Waals surface area contributed by atoms with Crippen LogP contribution in [0.2, 0.25) is 0 Å². The lowest BCUT2D eigenvalue weighted by Gasteiger charge is -2.33. The number of hydrogen-bond acceptors (Lipinski definition) is 6. The van der Waals surface area contributed by atoms with Gasteiger partial charge in [0.1, 0.15) is 17.5 Å². The van der Waals surface area contributed by atoms with Crippen molar-refractivity contribution in [2.24, 2.45) is 0 Å². The second kappa shape index (κ2) is 11.9. The predicted molar refractivity (Wildman–Crippen MR) is 127 cm³/mol. The Morgan fingerprint density at radius 2 is 1.73 bits per heavy atom. The highest BCUT2D eigenvalue weighted by molar-refractivity contribution is 7.90. The summed E-state index contributed by atoms with van der Waals surface area (Å²) in [7, 11) is -1.00. The molecule has 0 bridgehead atoms. The van der Waals surface area contributed by atoms with Gasteiger partial charge in [0.2, 0.25) is 0 Å². The van der Waals surface area contributed by atoms with E-state index in [-0.39, 0.29) is 13.2 Å². The molecule has 8 nitrogen and oxygen atoms in total. The maximum Gasteiger partial charge on any atom is 0.324 e. The summed E-state index contributed by atoms with van der Waals surface area (Å²) in [4.78, 5) is 12.7. The number of hydrogen-bond donors (Lipinski definition) is 1. The number of ether oxygens (including phenoxy) is 3. The predicted octanol–water partition coefficient (Wildman–Crippen LogP) is 3.78. The maximum absolute atomic E-state index is 13.1. The molecule has 1 heterocycles. The second-order valence-electron chi connectivity index (χ2n) is 7.94. The molecular weight excluding hydrogens is 444 g/mol. The molecule has 2 aromatic rings. The van der Waals surface area contributed by atoms with Gasteiger partial charge in [0.05, 0.1) is 26.5 Å². The summed E-state index contributed by atoms with van der Waals surface area (Å²) in [6.45, 7) is 0.529. The Bertz CT molecular complexity index is 991. The Morgan fingerprint density at radius 3 is 2.39 bits per heavy atom. The molecule has 2 aromatic carbocycles. The van der Waals surface area contributed by atoms with Crippen molar-refractivity contribution >= 4 is 21.9 Å². The molecule has 0 aromatic heterocycles. The summed E-state index contributed by atoms with van der Waals surface area (Å²) in [6.07, 6.45) is 4.42. The minimum Gasteiger partial charge on any atom is -0.497 e. The van der Waals surface area contributed by atoms with Gasteiger partial charge < -0.3 is 14.2 Å². The molecule has 1 aliphatic rings.